The first-order valence-electron chi connectivity index (χ1n) is 10.3. The average molecular weight is 539 g/mol. The number of nitrogens with zero attached hydrogens (tertiary/aromatic N) is 1. The van der Waals surface area contributed by atoms with Crippen molar-refractivity contribution in [1.82, 2.24) is 5.32 Å². The minimum Gasteiger partial charge on any atom is -0.483 e. The lowest BCUT2D eigenvalue weighted by Gasteiger charge is -2.10. The maximum atomic E-state index is 12.4. The SMILES string of the molecule is Cc1ccc(NC(=O)COc2ccc(/C=C(\C#N)C(=O)NCc3ccccc3)cc2Br)cc1Cl. The zero-order valence-electron chi connectivity index (χ0n) is 18.3. The molecule has 2 N–H and O–H groups in total. The summed E-state index contributed by atoms with van der Waals surface area (Å²) in [5.74, 6) is -0.352. The van der Waals surface area contributed by atoms with Crippen LogP contribution in [0.4, 0.5) is 5.69 Å². The molecule has 3 aromatic rings. The van der Waals surface area contributed by atoms with Gasteiger partial charge < -0.3 is 15.4 Å². The van der Waals surface area contributed by atoms with Gasteiger partial charge in [0, 0.05) is 17.3 Å². The van der Waals surface area contributed by atoms with Crippen LogP contribution in [-0.4, -0.2) is 18.4 Å². The van der Waals surface area contributed by atoms with Crippen molar-refractivity contribution in [2.24, 2.45) is 0 Å². The topological polar surface area (TPSA) is 91.2 Å². The number of nitriles is 1. The third-order valence-corrected chi connectivity index (χ3v) is 5.77. The number of carbonyl (C=O) groups excluding carboxylic acids is 2. The van der Waals surface area contributed by atoms with E-state index >= 15 is 0 Å². The highest BCUT2D eigenvalue weighted by molar-refractivity contribution is 9.10. The summed E-state index contributed by atoms with van der Waals surface area (Å²) in [5.41, 5.74) is 3.05. The number of aryl methyl sites for hydroxylation is 1. The zero-order valence-corrected chi connectivity index (χ0v) is 20.6. The molecule has 3 rings (SSSR count). The molecule has 0 spiro atoms. The maximum Gasteiger partial charge on any atom is 0.262 e. The van der Waals surface area contributed by atoms with E-state index in [0.717, 1.165) is 11.1 Å². The van der Waals surface area contributed by atoms with Gasteiger partial charge in [0.1, 0.15) is 17.4 Å². The van der Waals surface area contributed by atoms with Crippen molar-refractivity contribution < 1.29 is 14.3 Å². The number of amides is 2. The molecule has 34 heavy (non-hydrogen) atoms. The lowest BCUT2D eigenvalue weighted by atomic mass is 10.1. The van der Waals surface area contributed by atoms with Crippen LogP contribution in [0.2, 0.25) is 5.02 Å². The number of hydrogen-bond donors (Lipinski definition) is 2. The van der Waals surface area contributed by atoms with E-state index in [2.05, 4.69) is 26.6 Å². The Bertz CT molecular complexity index is 1270. The zero-order chi connectivity index (χ0) is 24.5. The predicted molar refractivity (Wildman–Crippen MR) is 136 cm³/mol. The van der Waals surface area contributed by atoms with Crippen LogP contribution in [0.5, 0.6) is 5.75 Å². The predicted octanol–water partition coefficient (Wildman–Crippen LogP) is 5.65. The van der Waals surface area contributed by atoms with Gasteiger partial charge in [-0.25, -0.2) is 0 Å². The van der Waals surface area contributed by atoms with Crippen molar-refractivity contribution in [3.05, 3.63) is 98.5 Å². The van der Waals surface area contributed by atoms with Gasteiger partial charge in [0.05, 0.1) is 4.47 Å². The summed E-state index contributed by atoms with van der Waals surface area (Å²) in [6, 6.07) is 21.7. The fourth-order valence-corrected chi connectivity index (χ4v) is 3.62. The molecule has 0 aliphatic rings. The second-order valence-electron chi connectivity index (χ2n) is 7.33. The molecule has 0 saturated carbocycles. The molecule has 0 atom stereocenters. The molecule has 3 aromatic carbocycles. The molecule has 8 heteroatoms. The van der Waals surface area contributed by atoms with E-state index in [1.807, 2.05) is 49.4 Å². The summed E-state index contributed by atoms with van der Waals surface area (Å²) in [6.45, 7) is 2.00. The fourth-order valence-electron chi connectivity index (χ4n) is 2.92. The molecule has 0 saturated heterocycles. The van der Waals surface area contributed by atoms with Crippen molar-refractivity contribution in [2.45, 2.75) is 13.5 Å². The van der Waals surface area contributed by atoms with Gasteiger partial charge in [0.2, 0.25) is 0 Å². The van der Waals surface area contributed by atoms with Crippen molar-refractivity contribution in [3.63, 3.8) is 0 Å². The van der Waals surface area contributed by atoms with E-state index < -0.39 is 5.91 Å². The number of rotatable bonds is 8. The van der Waals surface area contributed by atoms with Gasteiger partial charge in [-0.2, -0.15) is 5.26 Å². The minimum absolute atomic E-state index is 0.0207. The van der Waals surface area contributed by atoms with Gasteiger partial charge in [-0.1, -0.05) is 54.1 Å². The first-order chi connectivity index (χ1) is 16.4. The van der Waals surface area contributed by atoms with E-state index in [4.69, 9.17) is 16.3 Å². The normalized spacial score (nSPS) is 10.8. The second kappa shape index (κ2) is 12.0. The molecule has 6 nitrogen and oxygen atoms in total. The number of hydrogen-bond acceptors (Lipinski definition) is 4. The summed E-state index contributed by atoms with van der Waals surface area (Å²) in [7, 11) is 0. The summed E-state index contributed by atoms with van der Waals surface area (Å²) in [5, 5.41) is 15.4. The monoisotopic (exact) mass is 537 g/mol. The van der Waals surface area contributed by atoms with Gasteiger partial charge in [-0.05, 0) is 69.9 Å². The molecule has 0 unspecified atom stereocenters. The highest BCUT2D eigenvalue weighted by atomic mass is 79.9. The third kappa shape index (κ3) is 7.20. The van der Waals surface area contributed by atoms with E-state index in [-0.39, 0.29) is 18.1 Å². The van der Waals surface area contributed by atoms with Gasteiger partial charge in [0.15, 0.2) is 6.61 Å². The molecule has 0 aromatic heterocycles. The molecule has 0 aliphatic heterocycles. The highest BCUT2D eigenvalue weighted by Gasteiger charge is 2.11. The van der Waals surface area contributed by atoms with Gasteiger partial charge in [-0.3, -0.25) is 9.59 Å². The number of halogens is 2. The van der Waals surface area contributed by atoms with Crippen LogP contribution in [-0.2, 0) is 16.1 Å². The van der Waals surface area contributed by atoms with Crippen LogP contribution in [0.1, 0.15) is 16.7 Å². The summed E-state index contributed by atoms with van der Waals surface area (Å²) in [4.78, 5) is 24.6. The molecule has 0 heterocycles. The second-order valence-corrected chi connectivity index (χ2v) is 8.59. The van der Waals surface area contributed by atoms with E-state index in [1.165, 1.54) is 6.08 Å². The minimum atomic E-state index is -0.462. The summed E-state index contributed by atoms with van der Waals surface area (Å²) < 4.78 is 6.17. The Labute approximate surface area is 211 Å². The molecular formula is C26H21BrClN3O3. The van der Waals surface area contributed by atoms with Crippen LogP contribution in [0.15, 0.2) is 76.8 Å². The van der Waals surface area contributed by atoms with E-state index in [0.29, 0.717) is 33.0 Å². The van der Waals surface area contributed by atoms with Crippen LogP contribution in [0.3, 0.4) is 0 Å². The van der Waals surface area contributed by atoms with Crippen molar-refractivity contribution in [3.8, 4) is 11.8 Å². The first kappa shape index (κ1) is 25.0. The standard InChI is InChI=1S/C26H21BrClN3O3/c1-17-7-9-21(13-23(17)28)31-25(32)16-34-24-10-8-19(12-22(24)27)11-20(14-29)26(33)30-15-18-5-3-2-4-6-18/h2-13H,15-16H2,1H3,(H,30,33)(H,31,32)/b20-11+. The Balaban J connectivity index is 1.59. The number of ether oxygens (including phenoxy) is 1. The highest BCUT2D eigenvalue weighted by Crippen LogP contribution is 2.27. The van der Waals surface area contributed by atoms with E-state index in [1.54, 1.807) is 30.3 Å². The van der Waals surface area contributed by atoms with Gasteiger partial charge in [-0.15, -0.1) is 0 Å². The van der Waals surface area contributed by atoms with Crippen LogP contribution in [0.25, 0.3) is 6.08 Å². The van der Waals surface area contributed by atoms with Crippen molar-refractivity contribution in [1.29, 1.82) is 5.26 Å². The van der Waals surface area contributed by atoms with Crippen LogP contribution in [0, 0.1) is 18.3 Å². The molecule has 172 valence electrons. The first-order valence-corrected chi connectivity index (χ1v) is 11.4. The molecular weight excluding hydrogens is 518 g/mol. The summed E-state index contributed by atoms with van der Waals surface area (Å²) in [6.07, 6.45) is 1.49. The molecule has 0 fully saturated rings. The van der Waals surface area contributed by atoms with Crippen LogP contribution < -0.4 is 15.4 Å². The Hall–Kier alpha value is -3.60. The average Bonchev–Trinajstić information content (AvgIpc) is 2.83. The summed E-state index contributed by atoms with van der Waals surface area (Å²) >= 11 is 9.48. The maximum absolute atomic E-state index is 12.4. The number of anilines is 1. The van der Waals surface area contributed by atoms with Crippen molar-refractivity contribution >= 4 is 51.1 Å². The molecule has 0 aliphatic carbocycles. The lowest BCUT2D eigenvalue weighted by molar-refractivity contribution is -0.118. The largest absolute Gasteiger partial charge is 0.483 e. The third-order valence-electron chi connectivity index (χ3n) is 4.74. The molecule has 0 radical (unpaired) electrons. The fraction of sp³-hybridized carbons (Fsp3) is 0.115. The smallest absolute Gasteiger partial charge is 0.262 e. The number of benzene rings is 3. The van der Waals surface area contributed by atoms with Crippen LogP contribution >= 0.6 is 27.5 Å². The Morgan fingerprint density at radius 2 is 1.88 bits per heavy atom. The number of nitrogens with one attached hydrogen (secondary N) is 2. The lowest BCUT2D eigenvalue weighted by Crippen LogP contribution is -2.23. The Morgan fingerprint density at radius 3 is 2.56 bits per heavy atom. The Kier molecular flexibility index (Phi) is 8.86. The quantitative estimate of drug-likeness (QED) is 0.286. The molecule has 0 bridgehead atoms. The number of carbonyl (C=O) groups is 2. The Morgan fingerprint density at radius 1 is 1.12 bits per heavy atom. The van der Waals surface area contributed by atoms with Gasteiger partial charge >= 0.3 is 0 Å². The van der Waals surface area contributed by atoms with E-state index in [9.17, 15) is 14.9 Å². The van der Waals surface area contributed by atoms with Crippen molar-refractivity contribution in [2.75, 3.05) is 11.9 Å². The van der Waals surface area contributed by atoms with Gasteiger partial charge in [0.25, 0.3) is 11.8 Å². The molecule has 2 amide bonds.